The van der Waals surface area contributed by atoms with Gasteiger partial charge >= 0.3 is 11.9 Å². The highest BCUT2D eigenvalue weighted by Crippen LogP contribution is 2.38. The van der Waals surface area contributed by atoms with E-state index in [9.17, 15) is 9.59 Å². The quantitative estimate of drug-likeness (QED) is 0.0962. The van der Waals surface area contributed by atoms with E-state index < -0.39 is 5.97 Å². The summed E-state index contributed by atoms with van der Waals surface area (Å²) in [6.45, 7) is 6.48. The molecule has 0 unspecified atom stereocenters. The van der Waals surface area contributed by atoms with Crippen LogP contribution in [0.4, 0.5) is 0 Å². The number of hydrogen-bond acceptors (Lipinski definition) is 5. The van der Waals surface area contributed by atoms with Crippen molar-refractivity contribution >= 4 is 11.9 Å². The number of unbranched alkanes of at least 4 members (excludes halogenated alkanes) is 5. The fourth-order valence-electron chi connectivity index (χ4n) is 5.11. The maximum Gasteiger partial charge on any atom is 0.343 e. The zero-order valence-corrected chi connectivity index (χ0v) is 23.0. The van der Waals surface area contributed by atoms with E-state index in [4.69, 9.17) is 14.2 Å². The minimum Gasteiger partial charge on any atom is -0.494 e. The van der Waals surface area contributed by atoms with Crippen molar-refractivity contribution in [2.24, 2.45) is 5.92 Å². The Morgan fingerprint density at radius 1 is 0.816 bits per heavy atom. The fourth-order valence-corrected chi connectivity index (χ4v) is 5.11. The summed E-state index contributed by atoms with van der Waals surface area (Å²) in [7, 11) is 0. The van der Waals surface area contributed by atoms with Gasteiger partial charge in [-0.15, -0.1) is 0 Å². The molecule has 0 radical (unpaired) electrons. The maximum atomic E-state index is 12.6. The van der Waals surface area contributed by atoms with Gasteiger partial charge < -0.3 is 14.2 Å². The molecule has 0 heterocycles. The first-order valence-corrected chi connectivity index (χ1v) is 14.4. The highest BCUT2D eigenvalue weighted by atomic mass is 16.5. The Hall–Kier alpha value is -3.08. The molecule has 1 saturated carbocycles. The standard InChI is InChI=1S/C33H44O5/c1-3-5-6-7-8-11-26-12-14-27(15-13-26)28-16-22-31(23-17-28)38-33(35)29-18-20-30(21-19-29)36-24-9-10-25-37-32(34)4-2/h4,16-23,26-27H,2-3,5-15,24-25H2,1H3. The summed E-state index contributed by atoms with van der Waals surface area (Å²) < 4.78 is 16.2. The minimum atomic E-state index is -0.412. The lowest BCUT2D eigenvalue weighted by molar-refractivity contribution is -0.137. The topological polar surface area (TPSA) is 61.8 Å². The predicted molar refractivity (Wildman–Crippen MR) is 152 cm³/mol. The Labute approximate surface area is 228 Å². The van der Waals surface area contributed by atoms with Gasteiger partial charge in [0.25, 0.3) is 0 Å². The normalized spacial score (nSPS) is 17.0. The highest BCUT2D eigenvalue weighted by molar-refractivity contribution is 5.91. The molecule has 0 saturated heterocycles. The zero-order valence-electron chi connectivity index (χ0n) is 23.0. The molecular weight excluding hydrogens is 476 g/mol. The Morgan fingerprint density at radius 2 is 1.47 bits per heavy atom. The van der Waals surface area contributed by atoms with Gasteiger partial charge in [0, 0.05) is 6.08 Å². The Bertz CT molecular complexity index is 971. The van der Waals surface area contributed by atoms with Crippen molar-refractivity contribution in [3.63, 3.8) is 0 Å². The molecule has 1 aliphatic rings. The lowest BCUT2D eigenvalue weighted by Gasteiger charge is -2.29. The molecule has 38 heavy (non-hydrogen) atoms. The monoisotopic (exact) mass is 520 g/mol. The first-order chi connectivity index (χ1) is 18.6. The summed E-state index contributed by atoms with van der Waals surface area (Å²) in [6, 6.07) is 15.0. The van der Waals surface area contributed by atoms with Crippen LogP contribution in [0.25, 0.3) is 0 Å². The van der Waals surface area contributed by atoms with E-state index in [0.29, 0.717) is 42.6 Å². The van der Waals surface area contributed by atoms with E-state index >= 15 is 0 Å². The largest absolute Gasteiger partial charge is 0.494 e. The van der Waals surface area contributed by atoms with Gasteiger partial charge in [0.15, 0.2) is 0 Å². The summed E-state index contributed by atoms with van der Waals surface area (Å²) in [4.78, 5) is 23.6. The van der Waals surface area contributed by atoms with Gasteiger partial charge in [-0.05, 0) is 92.3 Å². The van der Waals surface area contributed by atoms with Crippen molar-refractivity contribution < 1.29 is 23.8 Å². The molecule has 2 aromatic carbocycles. The lowest BCUT2D eigenvalue weighted by Crippen LogP contribution is -2.13. The van der Waals surface area contributed by atoms with Gasteiger partial charge in [0.05, 0.1) is 18.8 Å². The lowest BCUT2D eigenvalue weighted by atomic mass is 9.77. The van der Waals surface area contributed by atoms with Crippen LogP contribution in [0.15, 0.2) is 61.2 Å². The second-order valence-corrected chi connectivity index (χ2v) is 10.3. The van der Waals surface area contributed by atoms with Crippen LogP contribution in [-0.2, 0) is 9.53 Å². The van der Waals surface area contributed by atoms with Crippen LogP contribution in [0.3, 0.4) is 0 Å². The van der Waals surface area contributed by atoms with Crippen LogP contribution in [0, 0.1) is 5.92 Å². The van der Waals surface area contributed by atoms with Gasteiger partial charge in [0.1, 0.15) is 11.5 Å². The molecular formula is C33H44O5. The predicted octanol–water partition coefficient (Wildman–Crippen LogP) is 8.43. The third-order valence-corrected chi connectivity index (χ3v) is 7.43. The molecule has 0 atom stereocenters. The molecule has 3 rings (SSSR count). The van der Waals surface area contributed by atoms with Crippen molar-refractivity contribution in [3.8, 4) is 11.5 Å². The molecule has 1 fully saturated rings. The number of esters is 2. The van der Waals surface area contributed by atoms with Crippen LogP contribution in [-0.4, -0.2) is 25.2 Å². The fraction of sp³-hybridized carbons (Fsp3) is 0.515. The molecule has 0 aromatic heterocycles. The number of ether oxygens (including phenoxy) is 3. The second kappa shape index (κ2) is 16.7. The summed E-state index contributed by atoms with van der Waals surface area (Å²) in [5.41, 5.74) is 1.83. The Kier molecular flexibility index (Phi) is 13.0. The Balaban J connectivity index is 1.35. The molecule has 0 aliphatic heterocycles. The van der Waals surface area contributed by atoms with E-state index in [2.05, 4.69) is 25.6 Å². The number of benzene rings is 2. The molecule has 0 spiro atoms. The van der Waals surface area contributed by atoms with Crippen LogP contribution in [0.2, 0.25) is 0 Å². The molecule has 0 amide bonds. The summed E-state index contributed by atoms with van der Waals surface area (Å²) in [5.74, 6) is 1.97. The third-order valence-electron chi connectivity index (χ3n) is 7.43. The second-order valence-electron chi connectivity index (χ2n) is 10.3. The molecule has 206 valence electrons. The minimum absolute atomic E-state index is 0.348. The molecule has 1 aliphatic carbocycles. The van der Waals surface area contributed by atoms with Gasteiger partial charge in [-0.25, -0.2) is 9.59 Å². The summed E-state index contributed by atoms with van der Waals surface area (Å²) in [5, 5.41) is 0. The zero-order chi connectivity index (χ0) is 27.0. The number of carbonyl (C=O) groups is 2. The smallest absolute Gasteiger partial charge is 0.343 e. The van der Waals surface area contributed by atoms with Crippen molar-refractivity contribution in [1.29, 1.82) is 0 Å². The van der Waals surface area contributed by atoms with E-state index in [1.165, 1.54) is 69.8 Å². The highest BCUT2D eigenvalue weighted by Gasteiger charge is 2.22. The van der Waals surface area contributed by atoms with Gasteiger partial charge in [-0.1, -0.05) is 64.2 Å². The van der Waals surface area contributed by atoms with E-state index in [0.717, 1.165) is 18.4 Å². The number of hydrogen-bond donors (Lipinski definition) is 0. The van der Waals surface area contributed by atoms with Gasteiger partial charge in [0.2, 0.25) is 0 Å². The van der Waals surface area contributed by atoms with Crippen molar-refractivity contribution in [2.75, 3.05) is 13.2 Å². The molecule has 0 bridgehead atoms. The molecule has 0 N–H and O–H groups in total. The summed E-state index contributed by atoms with van der Waals surface area (Å²) >= 11 is 0. The van der Waals surface area contributed by atoms with Crippen LogP contribution in [0.5, 0.6) is 11.5 Å². The van der Waals surface area contributed by atoms with E-state index in [1.807, 2.05) is 12.1 Å². The van der Waals surface area contributed by atoms with E-state index in [1.54, 1.807) is 24.3 Å². The average molecular weight is 521 g/mol. The van der Waals surface area contributed by atoms with E-state index in [-0.39, 0.29) is 5.97 Å². The SMILES string of the molecule is C=CC(=O)OCCCCOc1ccc(C(=O)Oc2ccc(C3CCC(CCCCCCC)CC3)cc2)cc1. The van der Waals surface area contributed by atoms with Crippen molar-refractivity contribution in [1.82, 2.24) is 0 Å². The first-order valence-electron chi connectivity index (χ1n) is 14.4. The van der Waals surface area contributed by atoms with Gasteiger partial charge in [-0.3, -0.25) is 0 Å². The maximum absolute atomic E-state index is 12.6. The number of rotatable bonds is 16. The van der Waals surface area contributed by atoms with Crippen LogP contribution >= 0.6 is 0 Å². The first kappa shape index (κ1) is 29.5. The number of carbonyl (C=O) groups excluding carboxylic acids is 2. The average Bonchev–Trinajstić information content (AvgIpc) is 2.95. The van der Waals surface area contributed by atoms with Crippen molar-refractivity contribution in [3.05, 3.63) is 72.3 Å². The van der Waals surface area contributed by atoms with Crippen molar-refractivity contribution in [2.45, 2.75) is 89.9 Å². The summed E-state index contributed by atoms with van der Waals surface area (Å²) in [6.07, 6.45) is 16.1. The van der Waals surface area contributed by atoms with Crippen LogP contribution in [0.1, 0.15) is 106 Å². The molecule has 5 nitrogen and oxygen atoms in total. The molecule has 5 heteroatoms. The Morgan fingerprint density at radius 3 is 2.16 bits per heavy atom. The molecule has 2 aromatic rings. The van der Waals surface area contributed by atoms with Crippen LogP contribution < -0.4 is 9.47 Å². The third kappa shape index (κ3) is 10.4. The van der Waals surface area contributed by atoms with Gasteiger partial charge in [-0.2, -0.15) is 0 Å².